The zero-order valence-corrected chi connectivity index (χ0v) is 14.1. The van der Waals surface area contributed by atoms with Crippen molar-refractivity contribution in [3.8, 4) is 5.69 Å². The number of rotatable bonds is 3. The first-order chi connectivity index (χ1) is 12.1. The van der Waals surface area contributed by atoms with Crippen molar-refractivity contribution in [3.05, 3.63) is 76.4 Å². The van der Waals surface area contributed by atoms with Gasteiger partial charge in [0.2, 0.25) is 0 Å². The lowest BCUT2D eigenvalue weighted by Crippen LogP contribution is -2.20. The summed E-state index contributed by atoms with van der Waals surface area (Å²) in [5, 5.41) is 7.21. The van der Waals surface area contributed by atoms with Crippen LogP contribution in [0.25, 0.3) is 16.7 Å². The highest BCUT2D eigenvalue weighted by Gasteiger charge is 2.09. The van der Waals surface area contributed by atoms with Gasteiger partial charge in [0.15, 0.2) is 0 Å². The molecule has 1 N–H and O–H groups in total. The third kappa shape index (κ3) is 2.77. The average molecular weight is 352 g/mol. The Morgan fingerprint density at radius 3 is 2.72 bits per heavy atom. The minimum absolute atomic E-state index is 0.104. The summed E-state index contributed by atoms with van der Waals surface area (Å²) in [6.45, 7) is 0. The number of hydrogen-bond acceptors (Lipinski definition) is 4. The normalized spacial score (nSPS) is 11.0. The summed E-state index contributed by atoms with van der Waals surface area (Å²) >= 11 is 6.10. The second-order valence-electron chi connectivity index (χ2n) is 5.58. The van der Waals surface area contributed by atoms with Crippen LogP contribution >= 0.6 is 11.6 Å². The maximum atomic E-state index is 11.9. The third-order valence-electron chi connectivity index (χ3n) is 3.94. The molecule has 0 amide bonds. The van der Waals surface area contributed by atoms with Crippen LogP contribution < -0.4 is 10.9 Å². The van der Waals surface area contributed by atoms with E-state index in [-0.39, 0.29) is 10.6 Å². The van der Waals surface area contributed by atoms with E-state index in [0.29, 0.717) is 5.69 Å². The van der Waals surface area contributed by atoms with Gasteiger partial charge in [0.25, 0.3) is 5.56 Å². The van der Waals surface area contributed by atoms with Gasteiger partial charge in [-0.1, -0.05) is 29.8 Å². The molecule has 0 saturated heterocycles. The Labute approximate surface area is 148 Å². The molecular formula is C18H14ClN5O. The van der Waals surface area contributed by atoms with Crippen molar-refractivity contribution in [1.29, 1.82) is 0 Å². The Kier molecular flexibility index (Phi) is 3.74. The fourth-order valence-corrected chi connectivity index (χ4v) is 2.86. The predicted octanol–water partition coefficient (Wildman–Crippen LogP) is 3.52. The monoisotopic (exact) mass is 351 g/mol. The topological polar surface area (TPSA) is 64.7 Å². The quantitative estimate of drug-likeness (QED) is 0.613. The van der Waals surface area contributed by atoms with Crippen LogP contribution in [0, 0.1) is 0 Å². The van der Waals surface area contributed by atoms with Crippen LogP contribution in [0.3, 0.4) is 0 Å². The minimum atomic E-state index is -0.346. The highest BCUT2D eigenvalue weighted by atomic mass is 35.5. The summed E-state index contributed by atoms with van der Waals surface area (Å²) in [6.07, 6.45) is 3.31. The highest BCUT2D eigenvalue weighted by molar-refractivity contribution is 6.33. The van der Waals surface area contributed by atoms with E-state index >= 15 is 0 Å². The van der Waals surface area contributed by atoms with Crippen molar-refractivity contribution in [2.75, 3.05) is 5.32 Å². The summed E-state index contributed by atoms with van der Waals surface area (Å²) in [5.41, 5.74) is 3.77. The van der Waals surface area contributed by atoms with Crippen molar-refractivity contribution < 1.29 is 0 Å². The van der Waals surface area contributed by atoms with Crippen molar-refractivity contribution in [1.82, 2.24) is 19.3 Å². The number of benzene rings is 2. The summed E-state index contributed by atoms with van der Waals surface area (Å²) < 4.78 is 3.21. The van der Waals surface area contributed by atoms with E-state index in [1.807, 2.05) is 53.1 Å². The van der Waals surface area contributed by atoms with Crippen molar-refractivity contribution >= 4 is 34.0 Å². The summed E-state index contributed by atoms with van der Waals surface area (Å²) in [4.78, 5) is 16.3. The smallest absolute Gasteiger partial charge is 0.287 e. The van der Waals surface area contributed by atoms with Gasteiger partial charge < -0.3 is 5.32 Å². The summed E-state index contributed by atoms with van der Waals surface area (Å²) in [6, 6.07) is 15.8. The average Bonchev–Trinajstić information content (AvgIpc) is 3.06. The zero-order chi connectivity index (χ0) is 17.4. The van der Waals surface area contributed by atoms with Gasteiger partial charge in [-0.3, -0.25) is 9.36 Å². The van der Waals surface area contributed by atoms with Crippen LogP contribution in [0.2, 0.25) is 5.02 Å². The SMILES string of the molecule is Cn1ncc(Nc2ccc3c(c2)ncn3-c2ccccc2)c(Cl)c1=O. The van der Waals surface area contributed by atoms with E-state index in [9.17, 15) is 4.79 Å². The van der Waals surface area contributed by atoms with Crippen molar-refractivity contribution in [2.45, 2.75) is 0 Å². The first-order valence-electron chi connectivity index (χ1n) is 7.65. The van der Waals surface area contributed by atoms with Gasteiger partial charge in [0.1, 0.15) is 11.3 Å². The Balaban J connectivity index is 1.71. The Bertz CT molecular complexity index is 1120. The van der Waals surface area contributed by atoms with Crippen LogP contribution in [0.1, 0.15) is 0 Å². The van der Waals surface area contributed by atoms with Gasteiger partial charge in [-0.25, -0.2) is 9.67 Å². The number of para-hydroxylation sites is 1. The van der Waals surface area contributed by atoms with E-state index in [1.165, 1.54) is 10.9 Å². The van der Waals surface area contributed by atoms with Crippen molar-refractivity contribution in [3.63, 3.8) is 0 Å². The molecule has 0 radical (unpaired) electrons. The molecule has 25 heavy (non-hydrogen) atoms. The lowest BCUT2D eigenvalue weighted by molar-refractivity contribution is 0.709. The van der Waals surface area contributed by atoms with E-state index in [4.69, 9.17) is 11.6 Å². The Hall–Kier alpha value is -3.12. The molecule has 2 heterocycles. The molecule has 0 atom stereocenters. The second-order valence-corrected chi connectivity index (χ2v) is 5.96. The molecule has 0 bridgehead atoms. The van der Waals surface area contributed by atoms with Crippen molar-refractivity contribution in [2.24, 2.45) is 7.05 Å². The van der Waals surface area contributed by atoms with Gasteiger partial charge in [-0.15, -0.1) is 0 Å². The molecule has 124 valence electrons. The molecule has 6 nitrogen and oxygen atoms in total. The molecule has 0 aliphatic heterocycles. The Morgan fingerprint density at radius 2 is 1.92 bits per heavy atom. The van der Waals surface area contributed by atoms with Gasteiger partial charge in [-0.05, 0) is 30.3 Å². The molecule has 0 aliphatic rings. The molecule has 0 aliphatic carbocycles. The molecule has 4 rings (SSSR count). The van der Waals surface area contributed by atoms with Gasteiger partial charge in [0.05, 0.1) is 22.9 Å². The minimum Gasteiger partial charge on any atom is -0.353 e. The standard InChI is InChI=1S/C18H14ClN5O/c1-23-18(25)17(19)15(10-21-23)22-12-7-8-16-14(9-12)20-11-24(16)13-5-3-2-4-6-13/h2-11,22H,1H3. The van der Waals surface area contributed by atoms with Crippen LogP contribution in [-0.4, -0.2) is 19.3 Å². The summed E-state index contributed by atoms with van der Waals surface area (Å²) in [7, 11) is 1.56. The number of imidazole rings is 1. The largest absolute Gasteiger partial charge is 0.353 e. The molecule has 2 aromatic heterocycles. The van der Waals surface area contributed by atoms with Crippen LogP contribution in [0.5, 0.6) is 0 Å². The number of hydrogen-bond donors (Lipinski definition) is 1. The second kappa shape index (κ2) is 6.07. The number of halogens is 1. The van der Waals surface area contributed by atoms with Gasteiger partial charge >= 0.3 is 0 Å². The molecule has 7 heteroatoms. The summed E-state index contributed by atoms with van der Waals surface area (Å²) in [5.74, 6) is 0. The van der Waals surface area contributed by atoms with Crippen LogP contribution in [0.15, 0.2) is 65.8 Å². The number of fused-ring (bicyclic) bond motifs is 1. The highest BCUT2D eigenvalue weighted by Crippen LogP contribution is 2.25. The Morgan fingerprint density at radius 1 is 1.12 bits per heavy atom. The molecule has 0 spiro atoms. The van der Waals surface area contributed by atoms with E-state index < -0.39 is 0 Å². The lowest BCUT2D eigenvalue weighted by Gasteiger charge is -2.09. The number of aromatic nitrogens is 4. The first kappa shape index (κ1) is 15.4. The first-order valence-corrected chi connectivity index (χ1v) is 8.02. The van der Waals surface area contributed by atoms with Crippen LogP contribution in [0.4, 0.5) is 11.4 Å². The van der Waals surface area contributed by atoms with E-state index in [2.05, 4.69) is 15.4 Å². The molecule has 0 fully saturated rings. The lowest BCUT2D eigenvalue weighted by atomic mass is 10.2. The van der Waals surface area contributed by atoms with E-state index in [1.54, 1.807) is 13.4 Å². The molecule has 2 aromatic carbocycles. The van der Waals surface area contributed by atoms with E-state index in [0.717, 1.165) is 22.4 Å². The number of aryl methyl sites for hydroxylation is 1. The van der Waals surface area contributed by atoms with Gasteiger partial charge in [0, 0.05) is 18.4 Å². The predicted molar refractivity (Wildman–Crippen MR) is 98.8 cm³/mol. The molecular weight excluding hydrogens is 338 g/mol. The molecule has 4 aromatic rings. The maximum Gasteiger partial charge on any atom is 0.287 e. The fraction of sp³-hybridized carbons (Fsp3) is 0.0556. The third-order valence-corrected chi connectivity index (χ3v) is 4.30. The molecule has 0 unspecified atom stereocenters. The molecule has 0 saturated carbocycles. The van der Waals surface area contributed by atoms with Gasteiger partial charge in [-0.2, -0.15) is 5.10 Å². The number of anilines is 2. The maximum absolute atomic E-state index is 11.9. The zero-order valence-electron chi connectivity index (χ0n) is 13.3. The van der Waals surface area contributed by atoms with Crippen LogP contribution in [-0.2, 0) is 7.05 Å². The number of nitrogens with one attached hydrogen (secondary N) is 1. The number of nitrogens with zero attached hydrogens (tertiary/aromatic N) is 4. The fourth-order valence-electron chi connectivity index (χ4n) is 2.64.